The van der Waals surface area contributed by atoms with Gasteiger partial charge in [-0.25, -0.2) is 0 Å². The number of amides is 1. The average molecular weight is 388 g/mol. The third kappa shape index (κ3) is 6.48. The molecule has 7 heteroatoms. The largest absolute Gasteiger partial charge is 0.495 e. The number of nitrogens with one attached hydrogen (secondary N) is 1. The average Bonchev–Trinajstić information content (AvgIpc) is 2.53. The Kier molecular flexibility index (Phi) is 8.47. The molecule has 1 aromatic rings. The van der Waals surface area contributed by atoms with E-state index in [-0.39, 0.29) is 12.3 Å². The fraction of sp³-hybridized carbons (Fsp3) is 0.500. The van der Waals surface area contributed by atoms with Gasteiger partial charge in [-0.3, -0.25) is 9.59 Å². The molecule has 0 aliphatic rings. The van der Waals surface area contributed by atoms with Gasteiger partial charge in [-0.1, -0.05) is 12.8 Å². The van der Waals surface area contributed by atoms with Crippen molar-refractivity contribution in [3.8, 4) is 11.5 Å². The van der Waals surface area contributed by atoms with E-state index >= 15 is 0 Å². The Morgan fingerprint density at radius 2 is 1.65 bits per heavy atom. The van der Waals surface area contributed by atoms with Crippen molar-refractivity contribution in [2.75, 3.05) is 20.8 Å². The van der Waals surface area contributed by atoms with Crippen LogP contribution in [0.2, 0.25) is 0 Å². The molecule has 0 radical (unpaired) electrons. The van der Waals surface area contributed by atoms with Crippen LogP contribution < -0.4 is 14.8 Å². The van der Waals surface area contributed by atoms with Gasteiger partial charge in [0, 0.05) is 18.5 Å². The highest BCUT2D eigenvalue weighted by Gasteiger charge is 2.14. The number of hydrogen-bond acceptors (Lipinski definition) is 4. The summed E-state index contributed by atoms with van der Waals surface area (Å²) < 4.78 is 11.1. The van der Waals surface area contributed by atoms with Crippen molar-refractivity contribution < 1.29 is 24.2 Å². The van der Waals surface area contributed by atoms with E-state index in [0.29, 0.717) is 34.5 Å². The Morgan fingerprint density at radius 1 is 1.09 bits per heavy atom. The highest BCUT2D eigenvalue weighted by atomic mass is 79.9. The van der Waals surface area contributed by atoms with Gasteiger partial charge in [-0.2, -0.15) is 0 Å². The van der Waals surface area contributed by atoms with Crippen LogP contribution in [0.1, 0.15) is 42.5 Å². The molecule has 6 nitrogen and oxygen atoms in total. The SMILES string of the molecule is COc1cc(C(=O)NCCCCCCC(=O)O)cc(OC)c1Br. The van der Waals surface area contributed by atoms with E-state index in [1.165, 1.54) is 14.2 Å². The van der Waals surface area contributed by atoms with Crippen LogP contribution in [0.5, 0.6) is 11.5 Å². The van der Waals surface area contributed by atoms with Gasteiger partial charge in [0.15, 0.2) is 0 Å². The van der Waals surface area contributed by atoms with Crippen LogP contribution in [-0.2, 0) is 4.79 Å². The number of unbranched alkanes of at least 4 members (excludes halogenated alkanes) is 3. The number of carboxylic acid groups (broad SMARTS) is 1. The van der Waals surface area contributed by atoms with Crippen LogP contribution in [0.25, 0.3) is 0 Å². The molecular weight excluding hydrogens is 366 g/mol. The van der Waals surface area contributed by atoms with Crippen LogP contribution in [0.15, 0.2) is 16.6 Å². The maximum atomic E-state index is 12.2. The lowest BCUT2D eigenvalue weighted by Gasteiger charge is -2.11. The summed E-state index contributed by atoms with van der Waals surface area (Å²) in [6.45, 7) is 0.548. The van der Waals surface area contributed by atoms with E-state index in [9.17, 15) is 9.59 Å². The molecule has 0 unspecified atom stereocenters. The fourth-order valence-electron chi connectivity index (χ4n) is 2.06. The summed E-state index contributed by atoms with van der Waals surface area (Å²) in [5, 5.41) is 11.4. The predicted octanol–water partition coefficient (Wildman–Crippen LogP) is 3.23. The standard InChI is InChI=1S/C16H22BrNO5/c1-22-12-9-11(10-13(23-2)15(12)17)16(21)18-8-6-4-3-5-7-14(19)20/h9-10H,3-8H2,1-2H3,(H,18,21)(H,19,20). The van der Waals surface area contributed by atoms with Crippen LogP contribution in [0.3, 0.4) is 0 Å². The third-order valence-electron chi connectivity index (χ3n) is 3.31. The topological polar surface area (TPSA) is 84.9 Å². The number of carbonyl (C=O) groups excluding carboxylic acids is 1. The summed E-state index contributed by atoms with van der Waals surface area (Å²) in [6.07, 6.45) is 3.42. The maximum Gasteiger partial charge on any atom is 0.303 e. The zero-order chi connectivity index (χ0) is 17.2. The van der Waals surface area contributed by atoms with E-state index < -0.39 is 5.97 Å². The van der Waals surface area contributed by atoms with Crippen molar-refractivity contribution in [3.05, 3.63) is 22.2 Å². The van der Waals surface area contributed by atoms with Crippen LogP contribution in [-0.4, -0.2) is 37.7 Å². The number of benzene rings is 1. The quantitative estimate of drug-likeness (QED) is 0.602. The van der Waals surface area contributed by atoms with Crippen molar-refractivity contribution >= 4 is 27.8 Å². The van der Waals surface area contributed by atoms with Crippen molar-refractivity contribution in [1.29, 1.82) is 0 Å². The van der Waals surface area contributed by atoms with E-state index in [2.05, 4.69) is 21.2 Å². The molecule has 2 N–H and O–H groups in total. The molecule has 0 aliphatic heterocycles. The highest BCUT2D eigenvalue weighted by molar-refractivity contribution is 9.10. The Bertz CT molecular complexity index is 522. The Morgan fingerprint density at radius 3 is 2.17 bits per heavy atom. The zero-order valence-electron chi connectivity index (χ0n) is 13.4. The number of carboxylic acids is 1. The molecule has 0 aliphatic carbocycles. The molecule has 0 spiro atoms. The van der Waals surface area contributed by atoms with E-state index in [0.717, 1.165) is 19.3 Å². The number of carbonyl (C=O) groups is 2. The molecule has 0 heterocycles. The minimum absolute atomic E-state index is 0.195. The van der Waals surface area contributed by atoms with Gasteiger partial charge in [0.2, 0.25) is 0 Å². The van der Waals surface area contributed by atoms with Gasteiger partial charge >= 0.3 is 5.97 Å². The molecule has 0 fully saturated rings. The first-order valence-corrected chi connectivity index (χ1v) is 8.20. The summed E-state index contributed by atoms with van der Waals surface area (Å²) >= 11 is 3.36. The second-order valence-electron chi connectivity index (χ2n) is 5.01. The van der Waals surface area contributed by atoms with E-state index in [4.69, 9.17) is 14.6 Å². The predicted molar refractivity (Wildman–Crippen MR) is 90.3 cm³/mol. The smallest absolute Gasteiger partial charge is 0.303 e. The third-order valence-corrected chi connectivity index (χ3v) is 4.09. The molecule has 0 saturated carbocycles. The van der Waals surface area contributed by atoms with Gasteiger partial charge in [-0.05, 0) is 40.9 Å². The lowest BCUT2D eigenvalue weighted by atomic mass is 10.1. The Hall–Kier alpha value is -1.76. The molecule has 0 aromatic heterocycles. The number of methoxy groups -OCH3 is 2. The number of halogens is 1. The van der Waals surface area contributed by atoms with Crippen molar-refractivity contribution in [2.24, 2.45) is 0 Å². The van der Waals surface area contributed by atoms with Crippen LogP contribution in [0.4, 0.5) is 0 Å². The van der Waals surface area contributed by atoms with Crippen molar-refractivity contribution in [3.63, 3.8) is 0 Å². The molecule has 128 valence electrons. The van der Waals surface area contributed by atoms with Crippen LogP contribution >= 0.6 is 15.9 Å². The summed E-state index contributed by atoms with van der Waals surface area (Å²) in [4.78, 5) is 22.5. The lowest BCUT2D eigenvalue weighted by Crippen LogP contribution is -2.24. The Labute approximate surface area is 144 Å². The maximum absolute atomic E-state index is 12.2. The van der Waals surface area contributed by atoms with Gasteiger partial charge in [0.1, 0.15) is 16.0 Å². The summed E-state index contributed by atoms with van der Waals surface area (Å²) in [6, 6.07) is 3.30. The summed E-state index contributed by atoms with van der Waals surface area (Å²) in [5.74, 6) is 0.0995. The van der Waals surface area contributed by atoms with Crippen molar-refractivity contribution in [1.82, 2.24) is 5.32 Å². The zero-order valence-corrected chi connectivity index (χ0v) is 14.9. The summed E-state index contributed by atoms with van der Waals surface area (Å²) in [5.41, 5.74) is 0.466. The number of aliphatic carboxylic acids is 1. The first kappa shape index (κ1) is 19.3. The Balaban J connectivity index is 2.44. The molecule has 1 aromatic carbocycles. The van der Waals surface area contributed by atoms with Gasteiger partial charge in [0.25, 0.3) is 5.91 Å². The first-order chi connectivity index (χ1) is 11.0. The van der Waals surface area contributed by atoms with E-state index in [1.54, 1.807) is 12.1 Å². The summed E-state index contributed by atoms with van der Waals surface area (Å²) in [7, 11) is 3.05. The minimum Gasteiger partial charge on any atom is -0.495 e. The second-order valence-corrected chi connectivity index (χ2v) is 5.80. The van der Waals surface area contributed by atoms with Crippen LogP contribution in [0, 0.1) is 0 Å². The minimum atomic E-state index is -0.767. The molecule has 0 atom stereocenters. The molecule has 0 saturated heterocycles. The van der Waals surface area contributed by atoms with Gasteiger partial charge in [-0.15, -0.1) is 0 Å². The van der Waals surface area contributed by atoms with Gasteiger partial charge < -0.3 is 19.9 Å². The monoisotopic (exact) mass is 387 g/mol. The van der Waals surface area contributed by atoms with Crippen molar-refractivity contribution in [2.45, 2.75) is 32.1 Å². The molecule has 0 bridgehead atoms. The lowest BCUT2D eigenvalue weighted by molar-refractivity contribution is -0.137. The fourth-order valence-corrected chi connectivity index (χ4v) is 2.61. The van der Waals surface area contributed by atoms with Gasteiger partial charge in [0.05, 0.1) is 14.2 Å². The molecular formula is C16H22BrNO5. The molecule has 1 amide bonds. The molecule has 1 rings (SSSR count). The number of hydrogen-bond donors (Lipinski definition) is 2. The number of rotatable bonds is 10. The second kappa shape index (κ2) is 10.1. The molecule has 23 heavy (non-hydrogen) atoms. The first-order valence-electron chi connectivity index (χ1n) is 7.41. The number of ether oxygens (including phenoxy) is 2. The van der Waals surface area contributed by atoms with E-state index in [1.807, 2.05) is 0 Å². The normalized spacial score (nSPS) is 10.2. The highest BCUT2D eigenvalue weighted by Crippen LogP contribution is 2.35.